The number of hydrogen-bond acceptors (Lipinski definition) is 5. The lowest BCUT2D eigenvalue weighted by Crippen LogP contribution is -2.53. The fourth-order valence-electron chi connectivity index (χ4n) is 1.88. The van der Waals surface area contributed by atoms with Crippen LogP contribution in [0.1, 0.15) is 33.6 Å². The zero-order valence-corrected chi connectivity index (χ0v) is 12.6. The van der Waals surface area contributed by atoms with Crippen LogP contribution in [0, 0.1) is 5.92 Å². The normalized spacial score (nSPS) is 23.4. The minimum atomic E-state index is -0.605. The number of alkyl carbamates (subject to hydrolysis) is 1. The monoisotopic (exact) mass is 294 g/mol. The molecule has 3 N–H and O–H groups in total. The van der Waals surface area contributed by atoms with Gasteiger partial charge in [-0.05, 0) is 39.5 Å². The topological polar surface area (TPSA) is 90.6 Å². The summed E-state index contributed by atoms with van der Waals surface area (Å²) in [6.45, 7) is 5.43. The van der Waals surface area contributed by atoms with Crippen LogP contribution in [0.4, 0.5) is 4.79 Å². The molecule has 0 aromatic heterocycles. The van der Waals surface area contributed by atoms with E-state index in [0.29, 0.717) is 12.8 Å². The number of ether oxygens (including phenoxy) is 2. The molecule has 1 amide bonds. The molecule has 0 aromatic carbocycles. The number of nitrogens with one attached hydrogen (secondary N) is 1. The van der Waals surface area contributed by atoms with Crippen molar-refractivity contribution in [2.24, 2.45) is 11.7 Å². The summed E-state index contributed by atoms with van der Waals surface area (Å²) in [5.41, 5.74) is 5.20. The molecule has 7 heteroatoms. The zero-order valence-electron chi connectivity index (χ0n) is 11.8. The molecule has 0 aliphatic heterocycles. The van der Waals surface area contributed by atoms with Crippen LogP contribution in [0.5, 0.6) is 0 Å². The van der Waals surface area contributed by atoms with Crippen LogP contribution in [0.2, 0.25) is 0 Å². The molecule has 0 aromatic rings. The molecule has 112 valence electrons. The average Bonchev–Trinajstić information content (AvgIpc) is 2.18. The SMILES string of the molecule is COC(=O)C(N)C1CC(NC(=O)OC(C)(C)C)C1.Cl. The summed E-state index contributed by atoms with van der Waals surface area (Å²) in [5.74, 6) is -0.340. The summed E-state index contributed by atoms with van der Waals surface area (Å²) in [6.07, 6.45) is 0.919. The van der Waals surface area contributed by atoms with Gasteiger partial charge in [-0.25, -0.2) is 4.79 Å². The van der Waals surface area contributed by atoms with Gasteiger partial charge in [0.15, 0.2) is 0 Å². The van der Waals surface area contributed by atoms with Gasteiger partial charge in [-0.2, -0.15) is 0 Å². The van der Waals surface area contributed by atoms with Gasteiger partial charge < -0.3 is 20.5 Å². The molecule has 1 fully saturated rings. The van der Waals surface area contributed by atoms with Crippen molar-refractivity contribution in [2.75, 3.05) is 7.11 Å². The molecule has 19 heavy (non-hydrogen) atoms. The molecule has 6 nitrogen and oxygen atoms in total. The summed E-state index contributed by atoms with van der Waals surface area (Å²) in [7, 11) is 1.32. The first-order valence-corrected chi connectivity index (χ1v) is 6.06. The van der Waals surface area contributed by atoms with Crippen molar-refractivity contribution in [3.63, 3.8) is 0 Å². The number of rotatable bonds is 3. The minimum absolute atomic E-state index is 0. The van der Waals surface area contributed by atoms with Gasteiger partial charge in [-0.15, -0.1) is 12.4 Å². The second-order valence-electron chi connectivity index (χ2n) is 5.62. The molecular weight excluding hydrogens is 272 g/mol. The van der Waals surface area contributed by atoms with Crippen molar-refractivity contribution >= 4 is 24.5 Å². The summed E-state index contributed by atoms with van der Waals surface area (Å²) in [5, 5.41) is 2.75. The fraction of sp³-hybridized carbons (Fsp3) is 0.833. The van der Waals surface area contributed by atoms with Gasteiger partial charge in [-0.3, -0.25) is 4.79 Å². The highest BCUT2D eigenvalue weighted by molar-refractivity contribution is 5.85. The van der Waals surface area contributed by atoms with Gasteiger partial charge >= 0.3 is 12.1 Å². The molecule has 1 unspecified atom stereocenters. The van der Waals surface area contributed by atoms with Crippen LogP contribution in [0.15, 0.2) is 0 Å². The number of methoxy groups -OCH3 is 1. The Morgan fingerprint density at radius 3 is 2.26 bits per heavy atom. The van der Waals surface area contributed by atoms with Gasteiger partial charge in [0.2, 0.25) is 0 Å². The second-order valence-corrected chi connectivity index (χ2v) is 5.62. The van der Waals surface area contributed by atoms with Crippen LogP contribution in [0.25, 0.3) is 0 Å². The quantitative estimate of drug-likeness (QED) is 0.764. The summed E-state index contributed by atoms with van der Waals surface area (Å²) in [4.78, 5) is 22.7. The Hall–Kier alpha value is -1.01. The number of esters is 1. The van der Waals surface area contributed by atoms with E-state index in [0.717, 1.165) is 0 Å². The maximum absolute atomic E-state index is 11.5. The van der Waals surface area contributed by atoms with E-state index in [2.05, 4.69) is 10.1 Å². The molecule has 1 aliphatic rings. The van der Waals surface area contributed by atoms with Crippen molar-refractivity contribution in [1.29, 1.82) is 0 Å². The Morgan fingerprint density at radius 1 is 1.32 bits per heavy atom. The number of hydrogen-bond donors (Lipinski definition) is 2. The Balaban J connectivity index is 0.00000324. The van der Waals surface area contributed by atoms with Gasteiger partial charge in [0.05, 0.1) is 7.11 Å². The minimum Gasteiger partial charge on any atom is -0.468 e. The van der Waals surface area contributed by atoms with Gasteiger partial charge in [0, 0.05) is 6.04 Å². The lowest BCUT2D eigenvalue weighted by Gasteiger charge is -2.38. The third-order valence-electron chi connectivity index (χ3n) is 2.88. The highest BCUT2D eigenvalue weighted by atomic mass is 35.5. The molecule has 0 spiro atoms. The van der Waals surface area contributed by atoms with E-state index >= 15 is 0 Å². The van der Waals surface area contributed by atoms with Crippen molar-refractivity contribution in [1.82, 2.24) is 5.32 Å². The molecule has 0 saturated heterocycles. The lowest BCUT2D eigenvalue weighted by atomic mass is 9.76. The summed E-state index contributed by atoms with van der Waals surface area (Å²) >= 11 is 0. The zero-order chi connectivity index (χ0) is 13.9. The van der Waals surface area contributed by atoms with E-state index in [1.807, 2.05) is 20.8 Å². The standard InChI is InChI=1S/C12H22N2O4.ClH/c1-12(2,3)18-11(16)14-8-5-7(6-8)9(13)10(15)17-4;/h7-9H,5-6,13H2,1-4H3,(H,14,16);1H. The Labute approximate surface area is 119 Å². The van der Waals surface area contributed by atoms with Crippen molar-refractivity contribution in [3.05, 3.63) is 0 Å². The Kier molecular flexibility index (Phi) is 6.59. The number of nitrogens with two attached hydrogens (primary N) is 1. The fourth-order valence-corrected chi connectivity index (χ4v) is 1.88. The van der Waals surface area contributed by atoms with E-state index in [9.17, 15) is 9.59 Å². The second kappa shape index (κ2) is 6.96. The molecule has 0 bridgehead atoms. The first-order valence-electron chi connectivity index (χ1n) is 6.06. The summed E-state index contributed by atoms with van der Waals surface area (Å²) in [6, 6.07) is -0.577. The molecule has 1 aliphatic carbocycles. The van der Waals surface area contributed by atoms with E-state index in [-0.39, 0.29) is 24.4 Å². The van der Waals surface area contributed by atoms with E-state index in [1.165, 1.54) is 7.11 Å². The van der Waals surface area contributed by atoms with Crippen molar-refractivity contribution < 1.29 is 19.1 Å². The first-order chi connectivity index (χ1) is 8.23. The van der Waals surface area contributed by atoms with Crippen LogP contribution >= 0.6 is 12.4 Å². The smallest absolute Gasteiger partial charge is 0.407 e. The third kappa shape index (κ3) is 5.65. The molecule has 1 rings (SSSR count). The number of carbonyl (C=O) groups excluding carboxylic acids is 2. The molecular formula is C12H23ClN2O4. The predicted octanol–water partition coefficient (Wildman–Crippen LogP) is 1.21. The lowest BCUT2D eigenvalue weighted by molar-refractivity contribution is -0.144. The number of halogens is 1. The van der Waals surface area contributed by atoms with Gasteiger partial charge in [0.25, 0.3) is 0 Å². The Bertz CT molecular complexity index is 324. The average molecular weight is 295 g/mol. The Morgan fingerprint density at radius 2 is 1.84 bits per heavy atom. The highest BCUT2D eigenvalue weighted by Crippen LogP contribution is 2.30. The van der Waals surface area contributed by atoms with Crippen molar-refractivity contribution in [2.45, 2.75) is 51.3 Å². The molecule has 0 radical (unpaired) electrons. The largest absolute Gasteiger partial charge is 0.468 e. The van der Waals surface area contributed by atoms with E-state index < -0.39 is 23.7 Å². The van der Waals surface area contributed by atoms with Crippen LogP contribution < -0.4 is 11.1 Å². The van der Waals surface area contributed by atoms with Crippen LogP contribution in [0.3, 0.4) is 0 Å². The third-order valence-corrected chi connectivity index (χ3v) is 2.88. The van der Waals surface area contributed by atoms with Crippen LogP contribution in [-0.2, 0) is 14.3 Å². The van der Waals surface area contributed by atoms with Crippen molar-refractivity contribution in [3.8, 4) is 0 Å². The van der Waals surface area contributed by atoms with E-state index in [1.54, 1.807) is 0 Å². The van der Waals surface area contributed by atoms with E-state index in [4.69, 9.17) is 10.5 Å². The molecule has 0 heterocycles. The summed E-state index contributed by atoms with van der Waals surface area (Å²) < 4.78 is 9.71. The maximum atomic E-state index is 11.5. The van der Waals surface area contributed by atoms with Gasteiger partial charge in [0.1, 0.15) is 11.6 Å². The van der Waals surface area contributed by atoms with Gasteiger partial charge in [-0.1, -0.05) is 0 Å². The highest BCUT2D eigenvalue weighted by Gasteiger charge is 2.38. The number of amides is 1. The maximum Gasteiger partial charge on any atom is 0.407 e. The first kappa shape index (κ1) is 18.0. The molecule has 1 atom stereocenters. The predicted molar refractivity (Wildman–Crippen MR) is 73.1 cm³/mol. The van der Waals surface area contributed by atoms with Crippen LogP contribution in [-0.4, -0.2) is 36.9 Å². The molecule has 1 saturated carbocycles. The number of carbonyl (C=O) groups is 2.